The number of hydrogen-bond acceptors (Lipinski definition) is 3. The molecule has 0 aromatic heterocycles. The van der Waals surface area contributed by atoms with Gasteiger partial charge in [0.1, 0.15) is 23.2 Å². The van der Waals surface area contributed by atoms with Crippen LogP contribution < -0.4 is 4.74 Å². The fraction of sp³-hybridized carbons (Fsp3) is 0.0667. The molecule has 0 fully saturated rings. The third-order valence-electron chi connectivity index (χ3n) is 3.14. The number of halogens is 3. The first-order valence-electron chi connectivity index (χ1n) is 6.02. The van der Waals surface area contributed by atoms with Gasteiger partial charge in [0, 0.05) is 29.7 Å². The van der Waals surface area contributed by atoms with E-state index in [1.807, 2.05) is 0 Å². The van der Waals surface area contributed by atoms with E-state index in [9.17, 15) is 23.4 Å². The van der Waals surface area contributed by atoms with Crippen LogP contribution in [-0.2, 0) is 6.42 Å². The van der Waals surface area contributed by atoms with Gasteiger partial charge in [0.15, 0.2) is 11.5 Å². The van der Waals surface area contributed by atoms with Crippen molar-refractivity contribution < 1.29 is 28.1 Å². The van der Waals surface area contributed by atoms with Crippen molar-refractivity contribution in [3.63, 3.8) is 0 Å². The monoisotopic (exact) mass is 294 g/mol. The Morgan fingerprint density at radius 3 is 2.38 bits per heavy atom. The Hall–Kier alpha value is -2.63. The third kappa shape index (κ3) is 2.29. The van der Waals surface area contributed by atoms with Gasteiger partial charge in [-0.05, 0) is 12.1 Å². The van der Waals surface area contributed by atoms with Gasteiger partial charge in [-0.25, -0.2) is 13.2 Å². The highest BCUT2D eigenvalue weighted by Crippen LogP contribution is 2.44. The molecule has 0 radical (unpaired) electrons. The van der Waals surface area contributed by atoms with Gasteiger partial charge >= 0.3 is 0 Å². The number of benzene rings is 2. The van der Waals surface area contributed by atoms with E-state index in [-0.39, 0.29) is 23.7 Å². The number of ether oxygens (including phenoxy) is 1. The maximum absolute atomic E-state index is 13.6. The number of rotatable bonds is 1. The quantitative estimate of drug-likeness (QED) is 0.792. The summed E-state index contributed by atoms with van der Waals surface area (Å²) in [5.41, 5.74) is 0.141. The van der Waals surface area contributed by atoms with Gasteiger partial charge in [0.25, 0.3) is 0 Å². The van der Waals surface area contributed by atoms with E-state index in [0.717, 1.165) is 6.08 Å². The van der Waals surface area contributed by atoms with Crippen molar-refractivity contribution >= 4 is 6.08 Å². The normalized spacial score (nSPS) is 15.1. The number of phenolic OH excluding ortho intramolecular Hbond substituents is 2. The Balaban J connectivity index is 2.00. The van der Waals surface area contributed by atoms with Gasteiger partial charge in [0.2, 0.25) is 5.75 Å². The molecule has 3 nitrogen and oxygen atoms in total. The van der Waals surface area contributed by atoms with Crippen LogP contribution in [0.1, 0.15) is 11.1 Å². The lowest BCUT2D eigenvalue weighted by Gasteiger charge is -2.04. The molecule has 3 rings (SSSR count). The lowest BCUT2D eigenvalue weighted by Crippen LogP contribution is -1.95. The third-order valence-corrected chi connectivity index (χ3v) is 3.14. The minimum Gasteiger partial charge on any atom is -0.504 e. The molecule has 1 aliphatic heterocycles. The van der Waals surface area contributed by atoms with Gasteiger partial charge < -0.3 is 14.9 Å². The van der Waals surface area contributed by atoms with E-state index < -0.39 is 28.8 Å². The molecule has 2 N–H and O–H groups in total. The molecule has 1 aliphatic rings. The van der Waals surface area contributed by atoms with E-state index in [0.29, 0.717) is 17.7 Å². The van der Waals surface area contributed by atoms with Crippen molar-refractivity contribution in [2.24, 2.45) is 0 Å². The van der Waals surface area contributed by atoms with E-state index in [1.165, 1.54) is 12.1 Å². The first-order valence-corrected chi connectivity index (χ1v) is 6.02. The molecule has 1 heterocycles. The molecule has 21 heavy (non-hydrogen) atoms. The molecule has 0 saturated heterocycles. The molecule has 0 amide bonds. The Kier molecular flexibility index (Phi) is 3.01. The second-order valence-corrected chi connectivity index (χ2v) is 4.59. The summed E-state index contributed by atoms with van der Waals surface area (Å²) < 4.78 is 45.3. The second kappa shape index (κ2) is 4.73. The van der Waals surface area contributed by atoms with Crippen molar-refractivity contribution in [1.82, 2.24) is 0 Å². The SMILES string of the molecule is Oc1ccc2c(c1O)OC(=Cc1c(F)cc(F)cc1F)C2. The van der Waals surface area contributed by atoms with Gasteiger partial charge in [0.05, 0.1) is 0 Å². The highest BCUT2D eigenvalue weighted by atomic mass is 19.1. The van der Waals surface area contributed by atoms with Crippen molar-refractivity contribution in [2.45, 2.75) is 6.42 Å². The Labute approximate surface area is 117 Å². The lowest BCUT2D eigenvalue weighted by molar-refractivity contribution is 0.368. The first kappa shape index (κ1) is 13.4. The Bertz CT molecular complexity index is 746. The van der Waals surface area contributed by atoms with Crippen molar-refractivity contribution in [3.05, 3.63) is 58.6 Å². The van der Waals surface area contributed by atoms with E-state index in [4.69, 9.17) is 4.74 Å². The Morgan fingerprint density at radius 1 is 1.05 bits per heavy atom. The molecule has 0 aliphatic carbocycles. The van der Waals surface area contributed by atoms with E-state index >= 15 is 0 Å². The fourth-order valence-corrected chi connectivity index (χ4v) is 2.14. The number of aromatic hydroxyl groups is 2. The second-order valence-electron chi connectivity index (χ2n) is 4.59. The van der Waals surface area contributed by atoms with Crippen LogP contribution in [0.5, 0.6) is 17.2 Å². The summed E-state index contributed by atoms with van der Waals surface area (Å²) in [5.74, 6) is -3.67. The van der Waals surface area contributed by atoms with Crippen molar-refractivity contribution in [1.29, 1.82) is 0 Å². The molecule has 0 spiro atoms. The largest absolute Gasteiger partial charge is 0.504 e. The number of allylic oxidation sites excluding steroid dienone is 1. The van der Waals surface area contributed by atoms with Crippen LogP contribution >= 0.6 is 0 Å². The zero-order valence-corrected chi connectivity index (χ0v) is 10.5. The molecule has 6 heteroatoms. The zero-order valence-electron chi connectivity index (χ0n) is 10.5. The van der Waals surface area contributed by atoms with Gasteiger partial charge in [-0.15, -0.1) is 0 Å². The smallest absolute Gasteiger partial charge is 0.201 e. The summed E-state index contributed by atoms with van der Waals surface area (Å²) in [4.78, 5) is 0. The summed E-state index contributed by atoms with van der Waals surface area (Å²) in [7, 11) is 0. The predicted octanol–water partition coefficient (Wildman–Crippen LogP) is 3.49. The number of hydrogen-bond donors (Lipinski definition) is 2. The van der Waals surface area contributed by atoms with Gasteiger partial charge in [-0.3, -0.25) is 0 Å². The van der Waals surface area contributed by atoms with Crippen LogP contribution in [0, 0.1) is 17.5 Å². The number of fused-ring (bicyclic) bond motifs is 1. The van der Waals surface area contributed by atoms with Gasteiger partial charge in [-0.1, -0.05) is 6.07 Å². The van der Waals surface area contributed by atoms with E-state index in [2.05, 4.69) is 0 Å². The maximum atomic E-state index is 13.6. The Morgan fingerprint density at radius 2 is 1.71 bits per heavy atom. The number of phenols is 2. The summed E-state index contributed by atoms with van der Waals surface area (Å²) in [5, 5.41) is 19.0. The molecule has 108 valence electrons. The van der Waals surface area contributed by atoms with Crippen LogP contribution in [-0.4, -0.2) is 10.2 Å². The van der Waals surface area contributed by atoms with Crippen LogP contribution in [0.15, 0.2) is 30.0 Å². The average molecular weight is 294 g/mol. The highest BCUT2D eigenvalue weighted by Gasteiger charge is 2.24. The lowest BCUT2D eigenvalue weighted by atomic mass is 10.1. The molecular weight excluding hydrogens is 285 g/mol. The summed E-state index contributed by atoms with van der Waals surface area (Å²) in [6.45, 7) is 0. The molecule has 0 bridgehead atoms. The molecule has 0 atom stereocenters. The maximum Gasteiger partial charge on any atom is 0.201 e. The van der Waals surface area contributed by atoms with Gasteiger partial charge in [-0.2, -0.15) is 0 Å². The zero-order chi connectivity index (χ0) is 15.1. The molecule has 2 aromatic carbocycles. The van der Waals surface area contributed by atoms with Crippen LogP contribution in [0.2, 0.25) is 0 Å². The average Bonchev–Trinajstić information content (AvgIpc) is 2.82. The summed E-state index contributed by atoms with van der Waals surface area (Å²) >= 11 is 0. The molecular formula is C15H9F3O3. The molecule has 0 unspecified atom stereocenters. The fourth-order valence-electron chi connectivity index (χ4n) is 2.14. The molecule has 0 saturated carbocycles. The minimum atomic E-state index is -1.05. The summed E-state index contributed by atoms with van der Waals surface area (Å²) in [6.07, 6.45) is 1.29. The topological polar surface area (TPSA) is 49.7 Å². The first-order chi connectivity index (χ1) is 9.95. The van der Waals surface area contributed by atoms with Crippen LogP contribution in [0.25, 0.3) is 6.08 Å². The van der Waals surface area contributed by atoms with Crippen molar-refractivity contribution in [2.75, 3.05) is 0 Å². The van der Waals surface area contributed by atoms with Crippen molar-refractivity contribution in [3.8, 4) is 17.2 Å². The molecule has 2 aromatic rings. The van der Waals surface area contributed by atoms with Crippen LogP contribution in [0.4, 0.5) is 13.2 Å². The summed E-state index contributed by atoms with van der Waals surface area (Å²) in [6, 6.07) is 3.96. The highest BCUT2D eigenvalue weighted by molar-refractivity contribution is 5.62. The predicted molar refractivity (Wildman–Crippen MR) is 68.4 cm³/mol. The van der Waals surface area contributed by atoms with Crippen LogP contribution in [0.3, 0.4) is 0 Å². The van der Waals surface area contributed by atoms with E-state index in [1.54, 1.807) is 0 Å². The minimum absolute atomic E-state index is 0.0455. The standard InChI is InChI=1S/C15H9F3O3/c16-8-4-11(17)10(12(18)5-8)6-9-3-7-1-2-13(19)14(20)15(7)21-9/h1-2,4-6,19-20H,3H2.